The first kappa shape index (κ1) is 8.17. The summed E-state index contributed by atoms with van der Waals surface area (Å²) in [5.74, 6) is 0.295. The number of hydrogen-bond acceptors (Lipinski definition) is 2. The predicted octanol–water partition coefficient (Wildman–Crippen LogP) is 3.09. The zero-order chi connectivity index (χ0) is 9.26. The van der Waals surface area contributed by atoms with Gasteiger partial charge in [-0.25, -0.2) is 0 Å². The van der Waals surface area contributed by atoms with Gasteiger partial charge in [-0.15, -0.1) is 0 Å². The Morgan fingerprint density at radius 1 is 1.31 bits per heavy atom. The topological polar surface area (TPSA) is 33.4 Å². The van der Waals surface area contributed by atoms with E-state index in [9.17, 15) is 5.11 Å². The molecule has 0 aliphatic rings. The van der Waals surface area contributed by atoms with E-state index in [-0.39, 0.29) is 0 Å². The maximum absolute atomic E-state index is 9.49. The Hall–Kier alpha value is -1.44. The van der Waals surface area contributed by atoms with Crippen LogP contribution < -0.4 is 0 Å². The van der Waals surface area contributed by atoms with Crippen molar-refractivity contribution in [2.24, 2.45) is 0 Å². The smallest absolute Gasteiger partial charge is 0.140 e. The molecule has 13 heavy (non-hydrogen) atoms. The minimum absolute atomic E-state index is 0.295. The van der Waals surface area contributed by atoms with Gasteiger partial charge in [0.25, 0.3) is 0 Å². The van der Waals surface area contributed by atoms with E-state index in [1.54, 1.807) is 18.4 Å². The molecule has 2 nitrogen and oxygen atoms in total. The van der Waals surface area contributed by atoms with Gasteiger partial charge in [0.15, 0.2) is 0 Å². The Balaban J connectivity index is 2.64. The second kappa shape index (κ2) is 3.13. The van der Waals surface area contributed by atoms with Crippen molar-refractivity contribution in [3.8, 4) is 5.75 Å². The summed E-state index contributed by atoms with van der Waals surface area (Å²) in [5, 5.41) is 10.3. The number of phenolic OH excluding ortho intramolecular Hbond substituents is 1. The minimum Gasteiger partial charge on any atom is -0.507 e. The summed E-state index contributed by atoms with van der Waals surface area (Å²) in [4.78, 5) is 0. The molecule has 0 fully saturated rings. The fraction of sp³-hybridized carbons (Fsp3) is 0.273. The monoisotopic (exact) mass is 176 g/mol. The van der Waals surface area contributed by atoms with Gasteiger partial charge in [0.05, 0.1) is 11.6 Å². The summed E-state index contributed by atoms with van der Waals surface area (Å²) < 4.78 is 5.32. The van der Waals surface area contributed by atoms with Gasteiger partial charge in [0.1, 0.15) is 11.3 Å². The van der Waals surface area contributed by atoms with E-state index < -0.39 is 0 Å². The van der Waals surface area contributed by atoms with E-state index in [4.69, 9.17) is 4.42 Å². The van der Waals surface area contributed by atoms with Gasteiger partial charge in [-0.3, -0.25) is 0 Å². The molecule has 1 heterocycles. The maximum atomic E-state index is 9.49. The molecule has 0 radical (unpaired) electrons. The van der Waals surface area contributed by atoms with Crippen molar-refractivity contribution in [3.63, 3.8) is 0 Å². The normalized spacial score (nSPS) is 10.8. The van der Waals surface area contributed by atoms with Crippen LogP contribution in [0.15, 0.2) is 28.9 Å². The van der Waals surface area contributed by atoms with Crippen LogP contribution in [0.4, 0.5) is 0 Å². The third-order valence-corrected chi connectivity index (χ3v) is 2.19. The van der Waals surface area contributed by atoms with Crippen molar-refractivity contribution >= 4 is 11.0 Å². The molecule has 0 saturated carbocycles. The van der Waals surface area contributed by atoms with Crippen molar-refractivity contribution in [1.29, 1.82) is 0 Å². The zero-order valence-corrected chi connectivity index (χ0v) is 7.58. The van der Waals surface area contributed by atoms with Crippen LogP contribution in [0.2, 0.25) is 0 Å². The van der Waals surface area contributed by atoms with Crippen LogP contribution in [0, 0.1) is 0 Å². The Morgan fingerprint density at radius 3 is 2.92 bits per heavy atom. The number of phenols is 1. The number of benzene rings is 1. The van der Waals surface area contributed by atoms with Gasteiger partial charge < -0.3 is 9.52 Å². The number of fused-ring (bicyclic) bond motifs is 1. The maximum Gasteiger partial charge on any atom is 0.140 e. The first-order valence-corrected chi connectivity index (χ1v) is 4.51. The lowest BCUT2D eigenvalue weighted by molar-refractivity contribution is 0.481. The zero-order valence-electron chi connectivity index (χ0n) is 7.58. The summed E-state index contributed by atoms with van der Waals surface area (Å²) in [5.41, 5.74) is 1.99. The lowest BCUT2D eigenvalue weighted by atomic mass is 10.1. The van der Waals surface area contributed by atoms with Crippen LogP contribution in [0.25, 0.3) is 11.0 Å². The Morgan fingerprint density at radius 2 is 2.15 bits per heavy atom. The summed E-state index contributed by atoms with van der Waals surface area (Å²) in [7, 11) is 0. The summed E-state index contributed by atoms with van der Waals surface area (Å²) in [6, 6.07) is 5.44. The van der Waals surface area contributed by atoms with Gasteiger partial charge in [-0.1, -0.05) is 19.4 Å². The number of aromatic hydroxyl groups is 1. The van der Waals surface area contributed by atoms with Gasteiger partial charge >= 0.3 is 0 Å². The Labute approximate surface area is 76.8 Å². The van der Waals surface area contributed by atoms with Crippen molar-refractivity contribution in [1.82, 2.24) is 0 Å². The number of furan rings is 1. The number of hydrogen-bond donors (Lipinski definition) is 1. The molecular formula is C11H12O2. The van der Waals surface area contributed by atoms with Crippen LogP contribution in [0.1, 0.15) is 18.9 Å². The van der Waals surface area contributed by atoms with Gasteiger partial charge in [-0.2, -0.15) is 0 Å². The van der Waals surface area contributed by atoms with E-state index >= 15 is 0 Å². The molecule has 2 rings (SSSR count). The fourth-order valence-corrected chi connectivity index (χ4v) is 1.57. The lowest BCUT2D eigenvalue weighted by Gasteiger charge is -2.00. The third kappa shape index (κ3) is 1.28. The molecule has 2 heteroatoms. The lowest BCUT2D eigenvalue weighted by Crippen LogP contribution is -1.83. The highest BCUT2D eigenvalue weighted by atomic mass is 16.3. The van der Waals surface area contributed by atoms with Gasteiger partial charge in [0, 0.05) is 0 Å². The second-order valence-electron chi connectivity index (χ2n) is 3.16. The molecule has 0 spiro atoms. The first-order valence-electron chi connectivity index (χ1n) is 4.51. The molecule has 0 aliphatic heterocycles. The molecule has 0 saturated heterocycles. The number of aryl methyl sites for hydroxylation is 1. The first-order chi connectivity index (χ1) is 6.33. The quantitative estimate of drug-likeness (QED) is 0.762. The molecule has 0 unspecified atom stereocenters. The third-order valence-electron chi connectivity index (χ3n) is 2.19. The summed E-state index contributed by atoms with van der Waals surface area (Å²) in [6.07, 6.45) is 3.69. The molecule has 0 bridgehead atoms. The van der Waals surface area contributed by atoms with Crippen LogP contribution in [-0.2, 0) is 6.42 Å². The molecular weight excluding hydrogens is 164 g/mol. The Bertz CT molecular complexity index is 415. The Kier molecular flexibility index (Phi) is 1.97. The average Bonchev–Trinajstić information content (AvgIpc) is 2.59. The molecule has 0 amide bonds. The largest absolute Gasteiger partial charge is 0.507 e. The molecule has 68 valence electrons. The van der Waals surface area contributed by atoms with Crippen molar-refractivity contribution < 1.29 is 9.52 Å². The summed E-state index contributed by atoms with van der Waals surface area (Å²) >= 11 is 0. The highest BCUT2D eigenvalue weighted by molar-refractivity contribution is 5.86. The van der Waals surface area contributed by atoms with Crippen molar-refractivity contribution in [3.05, 3.63) is 30.0 Å². The molecule has 2 aromatic rings. The minimum atomic E-state index is 0.295. The van der Waals surface area contributed by atoms with E-state index in [1.165, 1.54) is 5.56 Å². The van der Waals surface area contributed by atoms with E-state index in [0.717, 1.165) is 23.8 Å². The summed E-state index contributed by atoms with van der Waals surface area (Å²) in [6.45, 7) is 2.13. The van der Waals surface area contributed by atoms with Crippen molar-refractivity contribution in [2.75, 3.05) is 0 Å². The highest BCUT2D eigenvalue weighted by Gasteiger charge is 2.06. The van der Waals surface area contributed by atoms with E-state index in [0.29, 0.717) is 5.75 Å². The fourth-order valence-electron chi connectivity index (χ4n) is 1.57. The van der Waals surface area contributed by atoms with Gasteiger partial charge in [-0.05, 0) is 24.1 Å². The molecule has 0 atom stereocenters. The molecule has 1 aromatic heterocycles. The second-order valence-corrected chi connectivity index (χ2v) is 3.16. The number of rotatable bonds is 2. The van der Waals surface area contributed by atoms with Crippen LogP contribution >= 0.6 is 0 Å². The highest BCUT2D eigenvalue weighted by Crippen LogP contribution is 2.28. The van der Waals surface area contributed by atoms with Crippen LogP contribution in [-0.4, -0.2) is 5.11 Å². The van der Waals surface area contributed by atoms with E-state index in [1.807, 2.05) is 6.07 Å². The van der Waals surface area contributed by atoms with Crippen LogP contribution in [0.3, 0.4) is 0 Å². The average molecular weight is 176 g/mol. The standard InChI is InChI=1S/C11H12O2/c1-2-3-8-4-5-10(12)9-6-7-13-11(8)9/h4-7,12H,2-3H2,1H3. The van der Waals surface area contributed by atoms with Crippen LogP contribution in [0.5, 0.6) is 5.75 Å². The molecule has 0 aliphatic carbocycles. The van der Waals surface area contributed by atoms with Gasteiger partial charge in [0.2, 0.25) is 0 Å². The molecule has 1 aromatic carbocycles. The predicted molar refractivity (Wildman–Crippen MR) is 51.9 cm³/mol. The molecule has 1 N–H and O–H groups in total. The van der Waals surface area contributed by atoms with E-state index in [2.05, 4.69) is 6.92 Å². The SMILES string of the molecule is CCCc1ccc(O)c2ccoc12. The van der Waals surface area contributed by atoms with Crippen molar-refractivity contribution in [2.45, 2.75) is 19.8 Å².